The van der Waals surface area contributed by atoms with Crippen LogP contribution in [0.25, 0.3) is 11.6 Å². The van der Waals surface area contributed by atoms with Gasteiger partial charge in [-0.15, -0.1) is 10.2 Å². The van der Waals surface area contributed by atoms with Crippen LogP contribution in [0.2, 0.25) is 5.02 Å². The van der Waals surface area contributed by atoms with Crippen molar-refractivity contribution in [3.63, 3.8) is 0 Å². The summed E-state index contributed by atoms with van der Waals surface area (Å²) in [5.74, 6) is 1.38. The average molecular weight is 352 g/mol. The Morgan fingerprint density at radius 2 is 2.09 bits per heavy atom. The zero-order valence-corrected chi connectivity index (χ0v) is 14.2. The molecule has 120 valence electrons. The summed E-state index contributed by atoms with van der Waals surface area (Å²) in [5.41, 5.74) is 0.469. The van der Waals surface area contributed by atoms with E-state index in [9.17, 15) is 4.39 Å². The molecule has 0 aliphatic carbocycles. The zero-order chi connectivity index (χ0) is 16.4. The summed E-state index contributed by atoms with van der Waals surface area (Å²) in [6.45, 7) is 4.08. The minimum Gasteiger partial charge on any atom is -0.461 e. The lowest BCUT2D eigenvalue weighted by molar-refractivity contribution is 0.529. The van der Waals surface area contributed by atoms with Crippen molar-refractivity contribution in [1.29, 1.82) is 0 Å². The van der Waals surface area contributed by atoms with Gasteiger partial charge in [-0.3, -0.25) is 4.57 Å². The van der Waals surface area contributed by atoms with Gasteiger partial charge in [0.2, 0.25) is 5.82 Å². The fourth-order valence-electron chi connectivity index (χ4n) is 2.22. The van der Waals surface area contributed by atoms with Gasteiger partial charge in [-0.1, -0.05) is 29.4 Å². The number of hydrogen-bond donors (Lipinski definition) is 0. The predicted octanol–water partition coefficient (Wildman–Crippen LogP) is 5.20. The molecule has 0 saturated carbocycles. The summed E-state index contributed by atoms with van der Waals surface area (Å²) in [5, 5.41) is 9.54. The number of halogens is 2. The average Bonchev–Trinajstić information content (AvgIpc) is 3.15. The second-order valence-electron chi connectivity index (χ2n) is 5.24. The molecule has 0 radical (unpaired) electrons. The molecule has 3 aromatic rings. The molecule has 0 aliphatic rings. The third kappa shape index (κ3) is 3.28. The van der Waals surface area contributed by atoms with Crippen LogP contribution in [-0.2, 0) is 5.75 Å². The molecule has 2 heterocycles. The molecule has 0 aliphatic heterocycles. The van der Waals surface area contributed by atoms with Crippen LogP contribution in [-0.4, -0.2) is 14.8 Å². The number of benzene rings is 1. The third-order valence-corrected chi connectivity index (χ3v) is 4.65. The fourth-order valence-corrected chi connectivity index (χ4v) is 3.63. The molecule has 0 N–H and O–H groups in total. The lowest BCUT2D eigenvalue weighted by atomic mass is 10.2. The Balaban J connectivity index is 1.89. The normalized spacial score (nSPS) is 11.3. The van der Waals surface area contributed by atoms with E-state index in [1.807, 2.05) is 24.5 Å². The Morgan fingerprint density at radius 3 is 2.74 bits per heavy atom. The highest BCUT2D eigenvalue weighted by molar-refractivity contribution is 7.98. The van der Waals surface area contributed by atoms with E-state index in [4.69, 9.17) is 16.0 Å². The molecule has 0 unspecified atom stereocenters. The fraction of sp³-hybridized carbons (Fsp3) is 0.250. The molecule has 0 fully saturated rings. The van der Waals surface area contributed by atoms with Crippen molar-refractivity contribution >= 4 is 23.4 Å². The Bertz CT molecular complexity index is 782. The number of aromatic nitrogens is 3. The van der Waals surface area contributed by atoms with E-state index < -0.39 is 0 Å². The molecule has 7 heteroatoms. The van der Waals surface area contributed by atoms with Crippen molar-refractivity contribution in [3.8, 4) is 11.6 Å². The van der Waals surface area contributed by atoms with Gasteiger partial charge >= 0.3 is 0 Å². The van der Waals surface area contributed by atoms with Crippen LogP contribution in [0.1, 0.15) is 25.5 Å². The second kappa shape index (κ2) is 6.76. The zero-order valence-electron chi connectivity index (χ0n) is 12.7. The number of hydrogen-bond acceptors (Lipinski definition) is 4. The number of thioether (sulfide) groups is 1. The lowest BCUT2D eigenvalue weighted by Crippen LogP contribution is -2.05. The molecule has 0 saturated heterocycles. The molecule has 4 nitrogen and oxygen atoms in total. The lowest BCUT2D eigenvalue weighted by Gasteiger charge is -2.13. The molecule has 3 rings (SSSR count). The molecule has 2 aromatic heterocycles. The van der Waals surface area contributed by atoms with Gasteiger partial charge in [0.25, 0.3) is 0 Å². The van der Waals surface area contributed by atoms with Crippen LogP contribution in [0.3, 0.4) is 0 Å². The number of rotatable bonds is 5. The van der Waals surface area contributed by atoms with Crippen molar-refractivity contribution in [2.45, 2.75) is 30.8 Å². The summed E-state index contributed by atoms with van der Waals surface area (Å²) in [4.78, 5) is 0. The maximum Gasteiger partial charge on any atom is 0.200 e. The smallest absolute Gasteiger partial charge is 0.200 e. The highest BCUT2D eigenvalue weighted by Crippen LogP contribution is 2.32. The summed E-state index contributed by atoms with van der Waals surface area (Å²) in [6.07, 6.45) is 1.60. The highest BCUT2D eigenvalue weighted by atomic mass is 35.5. The molecule has 23 heavy (non-hydrogen) atoms. The van der Waals surface area contributed by atoms with Gasteiger partial charge in [0.05, 0.1) is 6.26 Å². The molecule has 0 amide bonds. The summed E-state index contributed by atoms with van der Waals surface area (Å²) in [7, 11) is 0. The van der Waals surface area contributed by atoms with Crippen LogP contribution in [0.5, 0.6) is 0 Å². The van der Waals surface area contributed by atoms with Gasteiger partial charge in [0.1, 0.15) is 5.82 Å². The van der Waals surface area contributed by atoms with E-state index in [0.717, 1.165) is 0 Å². The Morgan fingerprint density at radius 1 is 1.26 bits per heavy atom. The minimum absolute atomic E-state index is 0.142. The first-order valence-electron chi connectivity index (χ1n) is 7.12. The number of furan rings is 1. The molecule has 1 aromatic carbocycles. The summed E-state index contributed by atoms with van der Waals surface area (Å²) in [6, 6.07) is 8.47. The van der Waals surface area contributed by atoms with Gasteiger partial charge in [-0.2, -0.15) is 0 Å². The van der Waals surface area contributed by atoms with E-state index in [1.54, 1.807) is 24.5 Å². The largest absolute Gasteiger partial charge is 0.461 e. The van der Waals surface area contributed by atoms with Gasteiger partial charge in [0.15, 0.2) is 10.9 Å². The first-order valence-corrected chi connectivity index (χ1v) is 8.48. The van der Waals surface area contributed by atoms with Crippen molar-refractivity contribution in [2.75, 3.05) is 0 Å². The first-order chi connectivity index (χ1) is 11.1. The van der Waals surface area contributed by atoms with Crippen molar-refractivity contribution < 1.29 is 8.81 Å². The van der Waals surface area contributed by atoms with E-state index >= 15 is 0 Å². The van der Waals surface area contributed by atoms with Crippen molar-refractivity contribution in [3.05, 3.63) is 53.0 Å². The summed E-state index contributed by atoms with van der Waals surface area (Å²) >= 11 is 7.47. The van der Waals surface area contributed by atoms with E-state index in [0.29, 0.717) is 33.1 Å². The minimum atomic E-state index is -0.313. The topological polar surface area (TPSA) is 43.9 Å². The van der Waals surface area contributed by atoms with E-state index in [1.165, 1.54) is 17.8 Å². The van der Waals surface area contributed by atoms with Crippen LogP contribution in [0.4, 0.5) is 4.39 Å². The monoisotopic (exact) mass is 351 g/mol. The van der Waals surface area contributed by atoms with Gasteiger partial charge in [0, 0.05) is 22.4 Å². The van der Waals surface area contributed by atoms with Crippen LogP contribution in [0, 0.1) is 5.82 Å². The quantitative estimate of drug-likeness (QED) is 0.592. The second-order valence-corrected chi connectivity index (χ2v) is 6.59. The third-order valence-electron chi connectivity index (χ3n) is 3.33. The molecule has 0 atom stereocenters. The predicted molar refractivity (Wildman–Crippen MR) is 89.1 cm³/mol. The first kappa shape index (κ1) is 16.1. The SMILES string of the molecule is CC(C)n1c(SCc2c(F)cccc2Cl)nnc1-c1ccco1. The van der Waals surface area contributed by atoms with E-state index in [2.05, 4.69) is 10.2 Å². The Kier molecular flexibility index (Phi) is 4.73. The van der Waals surface area contributed by atoms with Crippen LogP contribution in [0.15, 0.2) is 46.2 Å². The van der Waals surface area contributed by atoms with Gasteiger partial charge < -0.3 is 4.42 Å². The van der Waals surface area contributed by atoms with Crippen molar-refractivity contribution in [1.82, 2.24) is 14.8 Å². The Hall–Kier alpha value is -1.79. The maximum atomic E-state index is 13.9. The van der Waals surface area contributed by atoms with E-state index in [-0.39, 0.29) is 11.9 Å². The van der Waals surface area contributed by atoms with Crippen LogP contribution < -0.4 is 0 Å². The maximum absolute atomic E-state index is 13.9. The molecule has 0 bridgehead atoms. The highest BCUT2D eigenvalue weighted by Gasteiger charge is 2.19. The van der Waals surface area contributed by atoms with Gasteiger partial charge in [-0.05, 0) is 38.1 Å². The standard InChI is InChI=1S/C16H15ClFN3OS/c1-10(2)21-15(14-7-4-8-22-14)19-20-16(21)23-9-11-12(17)5-3-6-13(11)18/h3-8,10H,9H2,1-2H3. The molecular formula is C16H15ClFN3OS. The van der Waals surface area contributed by atoms with Gasteiger partial charge in [-0.25, -0.2) is 4.39 Å². The summed E-state index contributed by atoms with van der Waals surface area (Å²) < 4.78 is 21.3. The molecular weight excluding hydrogens is 337 g/mol. The Labute approximate surface area is 142 Å². The van der Waals surface area contributed by atoms with Crippen molar-refractivity contribution in [2.24, 2.45) is 0 Å². The number of nitrogens with zero attached hydrogens (tertiary/aromatic N) is 3. The molecule has 0 spiro atoms. The van der Waals surface area contributed by atoms with Crippen LogP contribution >= 0.6 is 23.4 Å².